The summed E-state index contributed by atoms with van der Waals surface area (Å²) in [6.07, 6.45) is 1.11. The van der Waals surface area contributed by atoms with Gasteiger partial charge in [-0.25, -0.2) is 4.79 Å². The molecule has 0 bridgehead atoms. The van der Waals surface area contributed by atoms with Crippen molar-refractivity contribution in [2.75, 3.05) is 18.6 Å². The first-order chi connectivity index (χ1) is 13.5. The van der Waals surface area contributed by atoms with Gasteiger partial charge >= 0.3 is 5.97 Å². The normalized spacial score (nSPS) is 14.2. The molecule has 0 fully saturated rings. The van der Waals surface area contributed by atoms with E-state index in [1.54, 1.807) is 29.2 Å². The Balaban J connectivity index is 1.65. The minimum Gasteiger partial charge on any atom is -0.497 e. The highest BCUT2D eigenvalue weighted by molar-refractivity contribution is 5.97. The number of nitrogens with zero attached hydrogens (tertiary/aromatic N) is 1. The zero-order valence-electron chi connectivity index (χ0n) is 15.6. The van der Waals surface area contributed by atoms with Gasteiger partial charge in [0, 0.05) is 25.1 Å². The number of carbonyl (C=O) groups is 3. The van der Waals surface area contributed by atoms with E-state index in [1.807, 2.05) is 24.3 Å². The molecule has 0 spiro atoms. The molecular formula is C21H22N2O5. The van der Waals surface area contributed by atoms with Crippen LogP contribution in [0.1, 0.15) is 30.0 Å². The van der Waals surface area contributed by atoms with E-state index in [0.717, 1.165) is 11.3 Å². The van der Waals surface area contributed by atoms with Crippen molar-refractivity contribution in [3.63, 3.8) is 0 Å². The molecule has 28 heavy (non-hydrogen) atoms. The number of ether oxygens (including phenoxy) is 1. The Bertz CT molecular complexity index is 879. The van der Waals surface area contributed by atoms with E-state index in [0.29, 0.717) is 24.2 Å². The number of aryl methyl sites for hydroxylation is 1. The molecule has 0 saturated carbocycles. The van der Waals surface area contributed by atoms with Crippen LogP contribution in [-0.2, 0) is 20.8 Å². The summed E-state index contributed by atoms with van der Waals surface area (Å²) in [5, 5.41) is 12.0. The third-order valence-electron chi connectivity index (χ3n) is 4.76. The molecule has 0 saturated heterocycles. The van der Waals surface area contributed by atoms with Gasteiger partial charge in [-0.2, -0.15) is 0 Å². The summed E-state index contributed by atoms with van der Waals surface area (Å²) in [4.78, 5) is 37.8. The number of anilines is 1. The fourth-order valence-electron chi connectivity index (χ4n) is 3.27. The number of benzene rings is 2. The van der Waals surface area contributed by atoms with Gasteiger partial charge in [0.25, 0.3) is 0 Å². The van der Waals surface area contributed by atoms with E-state index in [1.165, 1.54) is 7.11 Å². The predicted molar refractivity (Wildman–Crippen MR) is 103 cm³/mol. The minimum absolute atomic E-state index is 0.0139. The topological polar surface area (TPSA) is 95.9 Å². The van der Waals surface area contributed by atoms with Crippen LogP contribution in [0.2, 0.25) is 0 Å². The van der Waals surface area contributed by atoms with Gasteiger partial charge in [0.05, 0.1) is 7.11 Å². The zero-order chi connectivity index (χ0) is 20.1. The summed E-state index contributed by atoms with van der Waals surface area (Å²) in [5.41, 5.74) is 2.33. The molecule has 0 radical (unpaired) electrons. The van der Waals surface area contributed by atoms with Crippen molar-refractivity contribution in [3.05, 3.63) is 59.7 Å². The highest BCUT2D eigenvalue weighted by Gasteiger charge is 2.26. The standard InChI is InChI=1S/C21H22N2O5/c1-28-16-9-6-15(7-10-16)20(21(26)27)22-18(24)12-13-23-17-5-3-2-4-14(17)8-11-19(23)25/h2-7,9-10,20H,8,11-13H2,1H3,(H,22,24)(H,26,27). The number of carboxylic acids is 1. The predicted octanol–water partition coefficient (Wildman–Crippen LogP) is 2.31. The van der Waals surface area contributed by atoms with E-state index in [2.05, 4.69) is 5.32 Å². The van der Waals surface area contributed by atoms with Gasteiger partial charge in [0.1, 0.15) is 5.75 Å². The summed E-state index contributed by atoms with van der Waals surface area (Å²) in [6, 6.07) is 12.9. The molecule has 3 rings (SSSR count). The Morgan fingerprint density at radius 1 is 1.14 bits per heavy atom. The van der Waals surface area contributed by atoms with Crippen LogP contribution in [0.5, 0.6) is 5.75 Å². The molecule has 1 aliphatic heterocycles. The number of amides is 2. The van der Waals surface area contributed by atoms with Gasteiger partial charge in [-0.1, -0.05) is 30.3 Å². The van der Waals surface area contributed by atoms with Crippen LogP contribution in [0, 0.1) is 0 Å². The molecule has 1 heterocycles. The van der Waals surface area contributed by atoms with Crippen molar-refractivity contribution in [3.8, 4) is 5.75 Å². The highest BCUT2D eigenvalue weighted by Crippen LogP contribution is 2.27. The lowest BCUT2D eigenvalue weighted by Gasteiger charge is -2.29. The number of para-hydroxylation sites is 1. The number of methoxy groups -OCH3 is 1. The Morgan fingerprint density at radius 2 is 1.86 bits per heavy atom. The van der Waals surface area contributed by atoms with Crippen LogP contribution >= 0.6 is 0 Å². The lowest BCUT2D eigenvalue weighted by atomic mass is 10.0. The summed E-state index contributed by atoms with van der Waals surface area (Å²) < 4.78 is 5.06. The molecule has 1 aliphatic rings. The second kappa shape index (κ2) is 8.56. The van der Waals surface area contributed by atoms with E-state index in [4.69, 9.17) is 4.74 Å². The number of hydrogen-bond donors (Lipinski definition) is 2. The summed E-state index contributed by atoms with van der Waals surface area (Å²) in [7, 11) is 1.52. The first kappa shape index (κ1) is 19.4. The molecule has 2 aromatic rings. The number of carboxylic acid groups (broad SMARTS) is 1. The fraction of sp³-hybridized carbons (Fsp3) is 0.286. The lowest BCUT2D eigenvalue weighted by molar-refractivity contribution is -0.142. The molecule has 1 unspecified atom stereocenters. The average Bonchev–Trinajstić information content (AvgIpc) is 2.71. The smallest absolute Gasteiger partial charge is 0.330 e. The van der Waals surface area contributed by atoms with Gasteiger partial charge < -0.3 is 20.1 Å². The van der Waals surface area contributed by atoms with E-state index < -0.39 is 17.9 Å². The molecule has 146 valence electrons. The third kappa shape index (κ3) is 4.31. The SMILES string of the molecule is COc1ccc(C(NC(=O)CCN2C(=O)CCc3ccccc32)C(=O)O)cc1. The second-order valence-electron chi connectivity index (χ2n) is 6.54. The van der Waals surface area contributed by atoms with Crippen LogP contribution in [0.3, 0.4) is 0 Å². The van der Waals surface area contributed by atoms with E-state index in [9.17, 15) is 19.5 Å². The summed E-state index contributed by atoms with van der Waals surface area (Å²) in [6.45, 7) is 0.205. The maximum absolute atomic E-state index is 12.4. The Kier molecular flexibility index (Phi) is 5.93. The first-order valence-corrected chi connectivity index (χ1v) is 9.04. The number of aliphatic carboxylic acids is 1. The summed E-state index contributed by atoms with van der Waals surface area (Å²) >= 11 is 0. The quantitative estimate of drug-likeness (QED) is 0.766. The zero-order valence-corrected chi connectivity index (χ0v) is 15.6. The van der Waals surface area contributed by atoms with Crippen molar-refractivity contribution >= 4 is 23.5 Å². The largest absolute Gasteiger partial charge is 0.497 e. The van der Waals surface area contributed by atoms with E-state index in [-0.39, 0.29) is 18.9 Å². The maximum atomic E-state index is 12.4. The van der Waals surface area contributed by atoms with Gasteiger partial charge in [-0.15, -0.1) is 0 Å². The first-order valence-electron chi connectivity index (χ1n) is 9.04. The van der Waals surface area contributed by atoms with Crippen LogP contribution in [0.25, 0.3) is 0 Å². The van der Waals surface area contributed by atoms with Crippen LogP contribution in [-0.4, -0.2) is 36.5 Å². The van der Waals surface area contributed by atoms with E-state index >= 15 is 0 Å². The fourth-order valence-corrected chi connectivity index (χ4v) is 3.27. The van der Waals surface area contributed by atoms with Gasteiger partial charge in [0.15, 0.2) is 6.04 Å². The number of rotatable bonds is 7. The van der Waals surface area contributed by atoms with Gasteiger partial charge in [0.2, 0.25) is 11.8 Å². The summed E-state index contributed by atoms with van der Waals surface area (Å²) in [5.74, 6) is -1.02. The molecule has 2 aromatic carbocycles. The number of hydrogen-bond acceptors (Lipinski definition) is 4. The highest BCUT2D eigenvalue weighted by atomic mass is 16.5. The Labute approximate surface area is 162 Å². The lowest BCUT2D eigenvalue weighted by Crippen LogP contribution is -2.39. The second-order valence-corrected chi connectivity index (χ2v) is 6.54. The van der Waals surface area contributed by atoms with Crippen LogP contribution < -0.4 is 15.0 Å². The number of carbonyl (C=O) groups excluding carboxylic acids is 2. The molecule has 2 amide bonds. The third-order valence-corrected chi connectivity index (χ3v) is 4.76. The van der Waals surface area contributed by atoms with Crippen molar-refractivity contribution in [1.29, 1.82) is 0 Å². The Hall–Kier alpha value is -3.35. The molecule has 0 aliphatic carbocycles. The van der Waals surface area contributed by atoms with Crippen molar-refractivity contribution in [2.45, 2.75) is 25.3 Å². The van der Waals surface area contributed by atoms with Gasteiger partial charge in [-0.05, 0) is 35.7 Å². The molecule has 1 atom stereocenters. The number of fused-ring (bicyclic) bond motifs is 1. The van der Waals surface area contributed by atoms with Crippen molar-refractivity contribution < 1.29 is 24.2 Å². The Morgan fingerprint density at radius 3 is 2.54 bits per heavy atom. The molecule has 0 aromatic heterocycles. The van der Waals surface area contributed by atoms with Crippen molar-refractivity contribution in [1.82, 2.24) is 5.32 Å². The minimum atomic E-state index is -1.16. The molecule has 2 N–H and O–H groups in total. The van der Waals surface area contributed by atoms with Crippen molar-refractivity contribution in [2.24, 2.45) is 0 Å². The van der Waals surface area contributed by atoms with Gasteiger partial charge in [-0.3, -0.25) is 9.59 Å². The van der Waals surface area contributed by atoms with Crippen LogP contribution in [0.4, 0.5) is 5.69 Å². The van der Waals surface area contributed by atoms with Crippen LogP contribution in [0.15, 0.2) is 48.5 Å². The maximum Gasteiger partial charge on any atom is 0.330 e. The molecule has 7 heteroatoms. The monoisotopic (exact) mass is 382 g/mol. The average molecular weight is 382 g/mol. The number of nitrogens with one attached hydrogen (secondary N) is 1. The molecular weight excluding hydrogens is 360 g/mol. The molecule has 7 nitrogen and oxygen atoms in total.